The number of hydrogen-bond donors (Lipinski definition) is 1. The molecule has 4 aromatic carbocycles. The fourth-order valence-corrected chi connectivity index (χ4v) is 4.95. The van der Waals surface area contributed by atoms with Crippen LogP contribution in [0.2, 0.25) is 0 Å². The monoisotopic (exact) mass is 499 g/mol. The fourth-order valence-electron chi connectivity index (χ4n) is 4.95. The smallest absolute Gasteiger partial charge is 0.194 e. The number of benzene rings is 4. The summed E-state index contributed by atoms with van der Waals surface area (Å²) in [5, 5.41) is 11.5. The zero-order valence-electron chi connectivity index (χ0n) is 20.8. The minimum absolute atomic E-state index is 0.108. The Balaban J connectivity index is 1.39. The van der Waals surface area contributed by atoms with Crippen LogP contribution in [-0.4, -0.2) is 55.8 Å². The van der Waals surface area contributed by atoms with Crippen LogP contribution in [0.15, 0.2) is 78.9 Å². The summed E-state index contributed by atoms with van der Waals surface area (Å²) < 4.78 is 24.0. The molecule has 5 nitrogen and oxygen atoms in total. The molecular weight excluding hydrogens is 469 g/mol. The lowest BCUT2D eigenvalue weighted by Crippen LogP contribution is -2.26. The van der Waals surface area contributed by atoms with E-state index in [1.54, 1.807) is 37.4 Å². The van der Waals surface area contributed by atoms with Gasteiger partial charge >= 0.3 is 0 Å². The summed E-state index contributed by atoms with van der Waals surface area (Å²) in [5.74, 6) is 1.62. The number of phenolic OH excluding ortho intramolecular Hbond substituents is 1. The van der Waals surface area contributed by atoms with Gasteiger partial charge in [0.05, 0.1) is 13.8 Å². The summed E-state index contributed by atoms with van der Waals surface area (Å²) in [6, 6.07) is 23.7. The molecule has 1 N–H and O–H groups in total. The number of alkyl halides is 1. The van der Waals surface area contributed by atoms with E-state index in [-0.39, 0.29) is 24.1 Å². The van der Waals surface area contributed by atoms with E-state index in [0.29, 0.717) is 23.5 Å². The first-order chi connectivity index (χ1) is 18.1. The Morgan fingerprint density at radius 2 is 1.76 bits per heavy atom. The highest BCUT2D eigenvalue weighted by Gasteiger charge is 2.22. The van der Waals surface area contributed by atoms with Crippen molar-refractivity contribution in [3.8, 4) is 28.4 Å². The average Bonchev–Trinajstić information content (AvgIpc) is 3.40. The summed E-state index contributed by atoms with van der Waals surface area (Å²) in [4.78, 5) is 16.1. The highest BCUT2D eigenvalue weighted by molar-refractivity contribution is 6.20. The first kappa shape index (κ1) is 24.8. The molecular formula is C31H30FNO4. The zero-order chi connectivity index (χ0) is 25.8. The van der Waals surface area contributed by atoms with E-state index in [4.69, 9.17) is 9.47 Å². The molecule has 0 aromatic heterocycles. The van der Waals surface area contributed by atoms with Crippen molar-refractivity contribution in [2.45, 2.75) is 6.42 Å². The molecule has 0 amide bonds. The van der Waals surface area contributed by atoms with E-state index in [2.05, 4.69) is 4.90 Å². The second kappa shape index (κ2) is 11.0. The van der Waals surface area contributed by atoms with Gasteiger partial charge in [-0.1, -0.05) is 24.3 Å². The van der Waals surface area contributed by atoms with Crippen LogP contribution in [0.5, 0.6) is 17.2 Å². The number of nitrogens with zero attached hydrogens (tertiary/aromatic N) is 1. The second-order valence-corrected chi connectivity index (χ2v) is 9.43. The Hall–Kier alpha value is -3.90. The minimum atomic E-state index is -0.259. The lowest BCUT2D eigenvalue weighted by atomic mass is 9.89. The number of aromatic hydroxyl groups is 1. The van der Waals surface area contributed by atoms with E-state index in [9.17, 15) is 14.3 Å². The number of phenols is 1. The zero-order valence-corrected chi connectivity index (χ0v) is 20.8. The number of hydrogen-bond acceptors (Lipinski definition) is 5. The number of ether oxygens (including phenoxy) is 2. The maximum Gasteiger partial charge on any atom is 0.194 e. The molecule has 1 fully saturated rings. The number of carbonyl (C=O) groups excluding carboxylic acids is 1. The molecule has 37 heavy (non-hydrogen) atoms. The minimum Gasteiger partial charge on any atom is -0.508 e. The van der Waals surface area contributed by atoms with Gasteiger partial charge < -0.3 is 14.6 Å². The van der Waals surface area contributed by atoms with Crippen molar-refractivity contribution >= 4 is 16.6 Å². The predicted octanol–water partition coefficient (Wildman–Crippen LogP) is 6.12. The standard InChI is InChI=1S/C31H30FNO4/c1-36-26-8-2-22(3-9-26)28-12-6-24-18-25(34)7-13-29(24)30(28)31(35)23-4-10-27(11-5-23)37-17-16-33-15-14-21(19-32)20-33/h2-13,18,21,34H,14-17,19-20H2,1H3. The normalized spacial score (nSPS) is 15.7. The Labute approximate surface area is 216 Å². The SMILES string of the molecule is COc1ccc(-c2ccc3cc(O)ccc3c2C(=O)c2ccc(OCCN3CCC(CF)C3)cc2)cc1. The van der Waals surface area contributed by atoms with Gasteiger partial charge in [-0.05, 0) is 89.5 Å². The van der Waals surface area contributed by atoms with Crippen molar-refractivity contribution in [3.05, 3.63) is 90.0 Å². The number of likely N-dealkylation sites (tertiary alicyclic amines) is 1. The van der Waals surface area contributed by atoms with Crippen LogP contribution in [-0.2, 0) is 0 Å². The molecule has 4 aromatic rings. The Morgan fingerprint density at radius 3 is 2.46 bits per heavy atom. The van der Waals surface area contributed by atoms with Crippen LogP contribution < -0.4 is 9.47 Å². The molecule has 1 saturated heterocycles. The van der Waals surface area contributed by atoms with Crippen LogP contribution in [0, 0.1) is 5.92 Å². The van der Waals surface area contributed by atoms with Crippen LogP contribution in [0.25, 0.3) is 21.9 Å². The molecule has 1 atom stereocenters. The van der Waals surface area contributed by atoms with Crippen molar-refractivity contribution < 1.29 is 23.8 Å². The molecule has 1 aliphatic rings. The molecule has 1 unspecified atom stereocenters. The van der Waals surface area contributed by atoms with Crippen molar-refractivity contribution in [1.29, 1.82) is 0 Å². The second-order valence-electron chi connectivity index (χ2n) is 9.43. The molecule has 0 saturated carbocycles. The average molecular weight is 500 g/mol. The van der Waals surface area contributed by atoms with Gasteiger partial charge in [-0.3, -0.25) is 14.1 Å². The van der Waals surface area contributed by atoms with Gasteiger partial charge in [0.25, 0.3) is 0 Å². The number of carbonyl (C=O) groups is 1. The number of ketones is 1. The highest BCUT2D eigenvalue weighted by atomic mass is 19.1. The lowest BCUT2D eigenvalue weighted by molar-refractivity contribution is 0.104. The van der Waals surface area contributed by atoms with Crippen molar-refractivity contribution in [1.82, 2.24) is 4.90 Å². The van der Waals surface area contributed by atoms with Gasteiger partial charge in [0.2, 0.25) is 0 Å². The molecule has 0 radical (unpaired) electrons. The maximum absolute atomic E-state index is 13.9. The number of halogens is 1. The quantitative estimate of drug-likeness (QED) is 0.281. The van der Waals surface area contributed by atoms with Crippen LogP contribution in [0.4, 0.5) is 4.39 Å². The molecule has 6 heteroatoms. The molecule has 0 spiro atoms. The summed E-state index contributed by atoms with van der Waals surface area (Å²) >= 11 is 0. The highest BCUT2D eigenvalue weighted by Crippen LogP contribution is 2.34. The van der Waals surface area contributed by atoms with Crippen molar-refractivity contribution in [2.75, 3.05) is 40.0 Å². The van der Waals surface area contributed by atoms with Gasteiger partial charge in [-0.15, -0.1) is 0 Å². The van der Waals surface area contributed by atoms with Crippen molar-refractivity contribution in [3.63, 3.8) is 0 Å². The van der Waals surface area contributed by atoms with E-state index in [1.807, 2.05) is 48.5 Å². The van der Waals surface area contributed by atoms with Gasteiger partial charge in [-0.25, -0.2) is 0 Å². The van der Waals surface area contributed by atoms with Crippen LogP contribution in [0.3, 0.4) is 0 Å². The first-order valence-corrected chi connectivity index (χ1v) is 12.5. The topological polar surface area (TPSA) is 59.0 Å². The van der Waals surface area contributed by atoms with Crippen LogP contribution >= 0.6 is 0 Å². The Kier molecular flexibility index (Phi) is 7.37. The summed E-state index contributed by atoms with van der Waals surface area (Å²) in [7, 11) is 1.62. The molecule has 1 heterocycles. The molecule has 0 bridgehead atoms. The lowest BCUT2D eigenvalue weighted by Gasteiger charge is -2.16. The molecule has 0 aliphatic carbocycles. The number of fused-ring (bicyclic) bond motifs is 1. The molecule has 1 aliphatic heterocycles. The van der Waals surface area contributed by atoms with E-state index < -0.39 is 0 Å². The predicted molar refractivity (Wildman–Crippen MR) is 143 cm³/mol. The van der Waals surface area contributed by atoms with Gasteiger partial charge in [-0.2, -0.15) is 0 Å². The summed E-state index contributed by atoms with van der Waals surface area (Å²) in [6.07, 6.45) is 0.902. The summed E-state index contributed by atoms with van der Waals surface area (Å²) in [6.45, 7) is 2.70. The number of rotatable bonds is 9. The molecule has 190 valence electrons. The third kappa shape index (κ3) is 5.44. The fraction of sp³-hybridized carbons (Fsp3) is 0.258. The maximum atomic E-state index is 13.9. The number of methoxy groups -OCH3 is 1. The van der Waals surface area contributed by atoms with Crippen LogP contribution in [0.1, 0.15) is 22.3 Å². The summed E-state index contributed by atoms with van der Waals surface area (Å²) in [5.41, 5.74) is 2.83. The van der Waals surface area contributed by atoms with Gasteiger partial charge in [0.1, 0.15) is 23.9 Å². The van der Waals surface area contributed by atoms with E-state index >= 15 is 0 Å². The largest absolute Gasteiger partial charge is 0.508 e. The molecule has 5 rings (SSSR count). The third-order valence-corrected chi connectivity index (χ3v) is 7.01. The van der Waals surface area contributed by atoms with E-state index in [1.165, 1.54) is 0 Å². The van der Waals surface area contributed by atoms with Crippen molar-refractivity contribution in [2.24, 2.45) is 5.92 Å². The first-order valence-electron chi connectivity index (χ1n) is 12.5. The Bertz CT molecular complexity index is 1390. The van der Waals surface area contributed by atoms with Gasteiger partial charge in [0, 0.05) is 30.1 Å². The van der Waals surface area contributed by atoms with Gasteiger partial charge in [0.15, 0.2) is 5.78 Å². The Morgan fingerprint density at radius 1 is 1.00 bits per heavy atom. The van der Waals surface area contributed by atoms with E-state index in [0.717, 1.165) is 53.7 Å². The third-order valence-electron chi connectivity index (χ3n) is 7.01.